The first kappa shape index (κ1) is 15.7. The molecule has 1 N–H and O–H groups in total. The standard InChI is InChI=1S/C18H18N4O2/c1-12-9-15(24-3)6-7-17(12)22-11-16(20-13(22)2)18(23)21-14-5-4-8-19-10-14/h4-11H,1-3H3,(H,21,23). The molecule has 122 valence electrons. The first-order valence-corrected chi connectivity index (χ1v) is 7.51. The number of aromatic nitrogens is 3. The summed E-state index contributed by atoms with van der Waals surface area (Å²) in [5.41, 5.74) is 2.98. The van der Waals surface area contributed by atoms with E-state index in [2.05, 4.69) is 15.3 Å². The third-order valence-corrected chi connectivity index (χ3v) is 3.70. The third-order valence-electron chi connectivity index (χ3n) is 3.70. The minimum atomic E-state index is -0.268. The van der Waals surface area contributed by atoms with Gasteiger partial charge in [0.25, 0.3) is 5.91 Å². The summed E-state index contributed by atoms with van der Waals surface area (Å²) in [7, 11) is 1.64. The summed E-state index contributed by atoms with van der Waals surface area (Å²) < 4.78 is 7.13. The fourth-order valence-electron chi connectivity index (χ4n) is 2.48. The molecule has 0 saturated carbocycles. The topological polar surface area (TPSA) is 69.0 Å². The second-order valence-electron chi connectivity index (χ2n) is 5.39. The van der Waals surface area contributed by atoms with E-state index in [4.69, 9.17) is 4.74 Å². The number of nitrogens with zero attached hydrogens (tertiary/aromatic N) is 3. The van der Waals surface area contributed by atoms with Crippen molar-refractivity contribution in [2.45, 2.75) is 13.8 Å². The number of carbonyl (C=O) groups is 1. The highest BCUT2D eigenvalue weighted by Crippen LogP contribution is 2.22. The van der Waals surface area contributed by atoms with Crippen LogP contribution in [0.4, 0.5) is 5.69 Å². The number of anilines is 1. The lowest BCUT2D eigenvalue weighted by Crippen LogP contribution is -2.12. The van der Waals surface area contributed by atoms with Crippen LogP contribution >= 0.6 is 0 Å². The quantitative estimate of drug-likeness (QED) is 0.801. The van der Waals surface area contributed by atoms with E-state index in [0.717, 1.165) is 22.8 Å². The number of hydrogen-bond donors (Lipinski definition) is 1. The van der Waals surface area contributed by atoms with Crippen molar-refractivity contribution >= 4 is 11.6 Å². The molecule has 6 heteroatoms. The number of carbonyl (C=O) groups excluding carboxylic acids is 1. The van der Waals surface area contributed by atoms with Gasteiger partial charge in [-0.2, -0.15) is 0 Å². The molecule has 1 amide bonds. The lowest BCUT2D eigenvalue weighted by Gasteiger charge is -2.10. The first-order valence-electron chi connectivity index (χ1n) is 7.51. The smallest absolute Gasteiger partial charge is 0.275 e. The van der Waals surface area contributed by atoms with Crippen LogP contribution in [-0.4, -0.2) is 27.6 Å². The van der Waals surface area contributed by atoms with Crippen LogP contribution in [0.25, 0.3) is 5.69 Å². The van der Waals surface area contributed by atoms with Crippen molar-refractivity contribution in [3.8, 4) is 11.4 Å². The second-order valence-corrected chi connectivity index (χ2v) is 5.39. The van der Waals surface area contributed by atoms with E-state index < -0.39 is 0 Å². The molecule has 0 radical (unpaired) electrons. The summed E-state index contributed by atoms with van der Waals surface area (Å²) in [6.45, 7) is 3.86. The van der Waals surface area contributed by atoms with Crippen molar-refractivity contribution in [1.29, 1.82) is 0 Å². The number of nitrogens with one attached hydrogen (secondary N) is 1. The van der Waals surface area contributed by atoms with Gasteiger partial charge in [0, 0.05) is 18.1 Å². The van der Waals surface area contributed by atoms with Crippen LogP contribution in [0.15, 0.2) is 48.9 Å². The Morgan fingerprint density at radius 1 is 1.25 bits per heavy atom. The molecule has 0 aliphatic heterocycles. The molecule has 1 aromatic carbocycles. The molecule has 3 aromatic rings. The minimum absolute atomic E-state index is 0.268. The van der Waals surface area contributed by atoms with Crippen LogP contribution in [0.5, 0.6) is 5.75 Å². The van der Waals surface area contributed by atoms with Crippen LogP contribution in [0.2, 0.25) is 0 Å². The van der Waals surface area contributed by atoms with Crippen LogP contribution < -0.4 is 10.1 Å². The summed E-state index contributed by atoms with van der Waals surface area (Å²) in [5, 5.41) is 2.79. The monoisotopic (exact) mass is 322 g/mol. The number of imidazole rings is 1. The average molecular weight is 322 g/mol. The van der Waals surface area contributed by atoms with Crippen LogP contribution in [0, 0.1) is 13.8 Å². The van der Waals surface area contributed by atoms with Crippen LogP contribution in [0.3, 0.4) is 0 Å². The predicted molar refractivity (Wildman–Crippen MR) is 91.8 cm³/mol. The Morgan fingerprint density at radius 2 is 2.08 bits per heavy atom. The van der Waals surface area contributed by atoms with Gasteiger partial charge in [-0.05, 0) is 49.7 Å². The molecule has 0 fully saturated rings. The zero-order valence-corrected chi connectivity index (χ0v) is 13.8. The van der Waals surface area contributed by atoms with Crippen molar-refractivity contribution in [2.24, 2.45) is 0 Å². The number of rotatable bonds is 4. The lowest BCUT2D eigenvalue weighted by atomic mass is 10.2. The zero-order valence-electron chi connectivity index (χ0n) is 13.8. The Balaban J connectivity index is 1.89. The van der Waals surface area contributed by atoms with Crippen molar-refractivity contribution in [3.05, 3.63) is 66.0 Å². The third kappa shape index (κ3) is 3.12. The Hall–Kier alpha value is -3.15. The Kier molecular flexibility index (Phi) is 4.29. The molecular formula is C18H18N4O2. The van der Waals surface area contributed by atoms with Crippen molar-refractivity contribution < 1.29 is 9.53 Å². The molecule has 3 rings (SSSR count). The van der Waals surface area contributed by atoms with Crippen LogP contribution in [-0.2, 0) is 0 Å². The Morgan fingerprint density at radius 3 is 2.75 bits per heavy atom. The Bertz CT molecular complexity index is 872. The first-order chi connectivity index (χ1) is 11.6. The molecule has 0 aliphatic rings. The van der Waals surface area contributed by atoms with E-state index in [9.17, 15) is 4.79 Å². The summed E-state index contributed by atoms with van der Waals surface area (Å²) in [5.74, 6) is 1.26. The van der Waals surface area contributed by atoms with Gasteiger partial charge in [0.05, 0.1) is 19.0 Å². The number of amides is 1. The van der Waals surface area contributed by atoms with Gasteiger partial charge in [-0.15, -0.1) is 0 Å². The average Bonchev–Trinajstić information content (AvgIpc) is 2.97. The van der Waals surface area contributed by atoms with E-state index in [1.807, 2.05) is 36.6 Å². The minimum Gasteiger partial charge on any atom is -0.497 e. The zero-order chi connectivity index (χ0) is 17.1. The molecular weight excluding hydrogens is 304 g/mol. The fourth-order valence-corrected chi connectivity index (χ4v) is 2.48. The maximum atomic E-state index is 12.4. The number of aryl methyl sites for hydroxylation is 2. The summed E-state index contributed by atoms with van der Waals surface area (Å²) in [4.78, 5) is 20.7. The molecule has 24 heavy (non-hydrogen) atoms. The highest BCUT2D eigenvalue weighted by Gasteiger charge is 2.14. The number of pyridine rings is 1. The van der Waals surface area contributed by atoms with E-state index in [1.165, 1.54) is 0 Å². The molecule has 0 bridgehead atoms. The molecule has 0 saturated heterocycles. The van der Waals surface area contributed by atoms with Gasteiger partial charge in [0.15, 0.2) is 0 Å². The number of hydrogen-bond acceptors (Lipinski definition) is 4. The lowest BCUT2D eigenvalue weighted by molar-refractivity contribution is 0.102. The number of ether oxygens (including phenoxy) is 1. The van der Waals surface area contributed by atoms with Gasteiger partial charge >= 0.3 is 0 Å². The number of benzene rings is 1. The second kappa shape index (κ2) is 6.54. The van der Waals surface area contributed by atoms with Crippen molar-refractivity contribution in [1.82, 2.24) is 14.5 Å². The van der Waals surface area contributed by atoms with E-state index >= 15 is 0 Å². The van der Waals surface area contributed by atoms with Crippen LogP contribution in [0.1, 0.15) is 21.9 Å². The molecule has 0 spiro atoms. The summed E-state index contributed by atoms with van der Waals surface area (Å²) in [6.07, 6.45) is 4.98. The van der Waals surface area contributed by atoms with E-state index in [0.29, 0.717) is 11.4 Å². The fraction of sp³-hybridized carbons (Fsp3) is 0.167. The Labute approximate surface area is 140 Å². The number of methoxy groups -OCH3 is 1. The molecule has 0 aliphatic carbocycles. The summed E-state index contributed by atoms with van der Waals surface area (Å²) >= 11 is 0. The molecule has 2 heterocycles. The van der Waals surface area contributed by atoms with Gasteiger partial charge in [0.2, 0.25) is 0 Å². The highest BCUT2D eigenvalue weighted by atomic mass is 16.5. The van der Waals surface area contributed by atoms with Gasteiger partial charge in [-0.25, -0.2) is 4.98 Å². The van der Waals surface area contributed by atoms with E-state index in [-0.39, 0.29) is 5.91 Å². The van der Waals surface area contributed by atoms with Gasteiger partial charge in [-0.3, -0.25) is 9.78 Å². The van der Waals surface area contributed by atoms with Gasteiger partial charge in [-0.1, -0.05) is 0 Å². The molecule has 0 unspecified atom stereocenters. The predicted octanol–water partition coefficient (Wildman–Crippen LogP) is 3.15. The largest absolute Gasteiger partial charge is 0.497 e. The van der Waals surface area contributed by atoms with Gasteiger partial charge in [0.1, 0.15) is 17.3 Å². The van der Waals surface area contributed by atoms with E-state index in [1.54, 1.807) is 37.8 Å². The molecule has 0 atom stereocenters. The summed E-state index contributed by atoms with van der Waals surface area (Å²) in [6, 6.07) is 9.33. The molecule has 6 nitrogen and oxygen atoms in total. The maximum Gasteiger partial charge on any atom is 0.275 e. The van der Waals surface area contributed by atoms with Gasteiger partial charge < -0.3 is 14.6 Å². The van der Waals surface area contributed by atoms with Crippen molar-refractivity contribution in [3.63, 3.8) is 0 Å². The normalized spacial score (nSPS) is 10.5. The maximum absolute atomic E-state index is 12.4. The highest BCUT2D eigenvalue weighted by molar-refractivity contribution is 6.02. The van der Waals surface area contributed by atoms with Crippen molar-refractivity contribution in [2.75, 3.05) is 12.4 Å². The molecule has 2 aromatic heterocycles. The SMILES string of the molecule is COc1ccc(-n2cc(C(=O)Nc3cccnc3)nc2C)c(C)c1.